The molecule has 0 aliphatic carbocycles. The van der Waals surface area contributed by atoms with Gasteiger partial charge in [0.05, 0.1) is 18.4 Å². The standard InChI is InChI=1S/C19H21N9O4/c20-13(29)6-5-12(18(31)32)26-17(30)9-1-3-10(4-2-9)23-7-11-8-24-16-14(25-11)15(21)27-19(22)28-16/h1-4,8,12,23H,5-7H2,(H2,20,29)(H,26,30)(H,31,32)(H4,21,22,24,27,28)/t12-/m0/s1. The fraction of sp³-hybridized carbons (Fsp3) is 0.211. The minimum Gasteiger partial charge on any atom is -0.480 e. The first-order valence-corrected chi connectivity index (χ1v) is 9.45. The second-order valence-electron chi connectivity index (χ2n) is 6.83. The first-order valence-electron chi connectivity index (χ1n) is 9.45. The minimum atomic E-state index is -1.25. The molecule has 2 heterocycles. The Morgan fingerprint density at radius 1 is 1.19 bits per heavy atom. The monoisotopic (exact) mass is 439 g/mol. The highest BCUT2D eigenvalue weighted by Gasteiger charge is 2.21. The van der Waals surface area contributed by atoms with Crippen LogP contribution >= 0.6 is 0 Å². The maximum atomic E-state index is 12.3. The molecule has 0 unspecified atom stereocenters. The van der Waals surface area contributed by atoms with E-state index in [1.54, 1.807) is 12.1 Å². The number of aliphatic carboxylic acids is 1. The molecule has 0 saturated heterocycles. The van der Waals surface area contributed by atoms with Crippen LogP contribution in [0.2, 0.25) is 0 Å². The third-order valence-corrected chi connectivity index (χ3v) is 4.42. The Morgan fingerprint density at radius 3 is 2.56 bits per heavy atom. The van der Waals surface area contributed by atoms with E-state index in [0.29, 0.717) is 17.9 Å². The van der Waals surface area contributed by atoms with E-state index < -0.39 is 23.8 Å². The van der Waals surface area contributed by atoms with E-state index in [0.717, 1.165) is 0 Å². The van der Waals surface area contributed by atoms with E-state index >= 15 is 0 Å². The molecule has 2 aromatic heterocycles. The predicted octanol–water partition coefficient (Wildman–Crippen LogP) is -0.525. The van der Waals surface area contributed by atoms with Crippen molar-refractivity contribution in [1.29, 1.82) is 5.41 Å². The number of aromatic nitrogens is 4. The van der Waals surface area contributed by atoms with Gasteiger partial charge < -0.3 is 32.2 Å². The van der Waals surface area contributed by atoms with Crippen LogP contribution < -0.4 is 27.6 Å². The van der Waals surface area contributed by atoms with Crippen molar-refractivity contribution in [1.82, 2.24) is 25.3 Å². The molecule has 0 aliphatic rings. The number of primary amides is 1. The van der Waals surface area contributed by atoms with Gasteiger partial charge in [0.25, 0.3) is 5.91 Å². The number of carboxylic acid groups (broad SMARTS) is 1. The number of fused-ring (bicyclic) bond motifs is 1. The van der Waals surface area contributed by atoms with Crippen LogP contribution in [0.15, 0.2) is 30.5 Å². The number of benzene rings is 1. The lowest BCUT2D eigenvalue weighted by Gasteiger charge is -2.14. The lowest BCUT2D eigenvalue weighted by atomic mass is 10.1. The number of rotatable bonds is 9. The Kier molecular flexibility index (Phi) is 6.58. The molecule has 1 aromatic carbocycles. The van der Waals surface area contributed by atoms with Crippen molar-refractivity contribution in [3.05, 3.63) is 47.2 Å². The minimum absolute atomic E-state index is 0.00714. The highest BCUT2D eigenvalue weighted by Crippen LogP contribution is 2.12. The number of nitrogens with zero attached hydrogens (tertiary/aromatic N) is 3. The third-order valence-electron chi connectivity index (χ3n) is 4.42. The fourth-order valence-corrected chi connectivity index (χ4v) is 2.80. The number of nitrogen functional groups attached to an aromatic ring is 1. The molecule has 13 nitrogen and oxygen atoms in total. The fourth-order valence-electron chi connectivity index (χ4n) is 2.80. The summed E-state index contributed by atoms with van der Waals surface area (Å²) in [5.74, 6) is -2.40. The molecule has 13 heteroatoms. The molecule has 0 fully saturated rings. The molecule has 0 radical (unpaired) electrons. The number of carboxylic acids is 1. The third kappa shape index (κ3) is 5.53. The van der Waals surface area contributed by atoms with Crippen LogP contribution in [-0.2, 0) is 16.1 Å². The number of hydrogen-bond acceptors (Lipinski definition) is 9. The molecule has 0 bridgehead atoms. The summed E-state index contributed by atoms with van der Waals surface area (Å²) in [6, 6.07) is 5.13. The molecule has 3 aromatic rings. The zero-order chi connectivity index (χ0) is 23.3. The Balaban J connectivity index is 1.62. The van der Waals surface area contributed by atoms with Crippen molar-refractivity contribution >= 4 is 40.6 Å². The van der Waals surface area contributed by atoms with Crippen molar-refractivity contribution in [2.24, 2.45) is 5.73 Å². The summed E-state index contributed by atoms with van der Waals surface area (Å²) in [5.41, 5.74) is 12.6. The first-order chi connectivity index (χ1) is 15.2. The van der Waals surface area contributed by atoms with Gasteiger partial charge in [-0.15, -0.1) is 0 Å². The lowest BCUT2D eigenvalue weighted by Crippen LogP contribution is -2.41. The number of hydrogen-bond donors (Lipinski definition) is 7. The van der Waals surface area contributed by atoms with Crippen LogP contribution in [0.25, 0.3) is 11.2 Å². The van der Waals surface area contributed by atoms with Crippen molar-refractivity contribution in [2.75, 3.05) is 11.1 Å². The number of nitrogens with one attached hydrogen (secondary N) is 4. The van der Waals surface area contributed by atoms with E-state index in [9.17, 15) is 19.5 Å². The van der Waals surface area contributed by atoms with Crippen LogP contribution in [0.5, 0.6) is 0 Å². The molecule has 3 rings (SSSR count). The second kappa shape index (κ2) is 9.51. The largest absolute Gasteiger partial charge is 0.480 e. The molecular weight excluding hydrogens is 418 g/mol. The van der Waals surface area contributed by atoms with Gasteiger partial charge in [-0.25, -0.2) is 14.8 Å². The van der Waals surface area contributed by atoms with Crippen LogP contribution in [0.3, 0.4) is 0 Å². The van der Waals surface area contributed by atoms with Crippen molar-refractivity contribution in [3.8, 4) is 0 Å². The molecule has 2 amide bonds. The lowest BCUT2D eigenvalue weighted by molar-refractivity contribution is -0.139. The second-order valence-corrected chi connectivity index (χ2v) is 6.83. The van der Waals surface area contributed by atoms with E-state index in [2.05, 4.69) is 30.6 Å². The van der Waals surface area contributed by atoms with E-state index in [1.807, 2.05) is 0 Å². The molecule has 1 atom stereocenters. The highest BCUT2D eigenvalue weighted by atomic mass is 16.4. The zero-order valence-electron chi connectivity index (χ0n) is 16.8. The molecule has 32 heavy (non-hydrogen) atoms. The zero-order valence-corrected chi connectivity index (χ0v) is 16.8. The summed E-state index contributed by atoms with van der Waals surface area (Å²) in [6.07, 6.45) is 1.27. The molecule has 0 spiro atoms. The molecule has 0 saturated carbocycles. The van der Waals surface area contributed by atoms with Crippen LogP contribution in [0.4, 0.5) is 11.6 Å². The van der Waals surface area contributed by atoms with Crippen molar-refractivity contribution in [2.45, 2.75) is 25.4 Å². The number of H-pyrrole nitrogens is 1. The normalized spacial score (nSPS) is 11.6. The Bertz CT molecular complexity index is 1220. The Morgan fingerprint density at radius 2 is 1.91 bits per heavy atom. The number of amides is 2. The van der Waals surface area contributed by atoms with Crippen molar-refractivity contribution < 1.29 is 19.5 Å². The summed E-state index contributed by atoms with van der Waals surface area (Å²) < 4.78 is 0. The van der Waals surface area contributed by atoms with Gasteiger partial charge in [-0.2, -0.15) is 4.98 Å². The van der Waals surface area contributed by atoms with Crippen molar-refractivity contribution in [3.63, 3.8) is 0 Å². The maximum Gasteiger partial charge on any atom is 0.326 e. The summed E-state index contributed by atoms with van der Waals surface area (Å²) >= 11 is 0. The summed E-state index contributed by atoms with van der Waals surface area (Å²) in [7, 11) is 0. The van der Waals surface area contributed by atoms with Crippen LogP contribution in [-0.4, -0.2) is 48.9 Å². The first kappa shape index (κ1) is 22.1. The van der Waals surface area contributed by atoms with Gasteiger partial charge in [0.2, 0.25) is 11.9 Å². The van der Waals surface area contributed by atoms with E-state index in [-0.39, 0.29) is 41.0 Å². The summed E-state index contributed by atoms with van der Waals surface area (Å²) in [6.45, 7) is 0.298. The Hall–Kier alpha value is -4.55. The molecule has 166 valence electrons. The number of nitrogens with two attached hydrogens (primary N) is 2. The van der Waals surface area contributed by atoms with Gasteiger partial charge in [-0.1, -0.05) is 0 Å². The summed E-state index contributed by atoms with van der Waals surface area (Å²) in [5, 5.41) is 22.6. The average Bonchev–Trinajstić information content (AvgIpc) is 2.75. The van der Waals surface area contributed by atoms with Gasteiger partial charge in [0.1, 0.15) is 6.04 Å². The van der Waals surface area contributed by atoms with Gasteiger partial charge >= 0.3 is 5.97 Å². The van der Waals surface area contributed by atoms with E-state index in [4.69, 9.17) is 16.9 Å². The van der Waals surface area contributed by atoms with Crippen LogP contribution in [0.1, 0.15) is 28.9 Å². The van der Waals surface area contributed by atoms with Gasteiger partial charge in [0, 0.05) is 17.7 Å². The predicted molar refractivity (Wildman–Crippen MR) is 113 cm³/mol. The molecule has 0 aliphatic heterocycles. The highest BCUT2D eigenvalue weighted by molar-refractivity contribution is 5.97. The topological polar surface area (TPSA) is 226 Å². The van der Waals surface area contributed by atoms with Gasteiger partial charge in [-0.05, 0) is 30.7 Å². The molecular formula is C19H21N9O4. The average molecular weight is 439 g/mol. The smallest absolute Gasteiger partial charge is 0.326 e. The Labute approximate surface area is 180 Å². The number of anilines is 2. The molecule has 9 N–H and O–H groups in total. The van der Waals surface area contributed by atoms with Gasteiger partial charge in [0.15, 0.2) is 16.7 Å². The summed E-state index contributed by atoms with van der Waals surface area (Å²) in [4.78, 5) is 49.5. The number of aromatic amines is 1. The number of carbonyl (C=O) groups excluding carboxylic acids is 2. The van der Waals surface area contributed by atoms with Gasteiger partial charge in [-0.3, -0.25) is 15.0 Å². The quantitative estimate of drug-likeness (QED) is 0.227. The SMILES string of the molecule is N=c1[nH]c(N)nc2ncc(CNc3ccc(C(=O)N[C@@H](CCC(N)=O)C(=O)O)cc3)nc12. The maximum absolute atomic E-state index is 12.3. The number of carbonyl (C=O) groups is 3. The van der Waals surface area contributed by atoms with E-state index in [1.165, 1.54) is 18.3 Å². The van der Waals surface area contributed by atoms with Crippen LogP contribution in [0, 0.1) is 5.41 Å².